The molecule has 0 saturated heterocycles. The van der Waals surface area contributed by atoms with Crippen LogP contribution in [0.5, 0.6) is 0 Å². The summed E-state index contributed by atoms with van der Waals surface area (Å²) in [5, 5.41) is 0. The first-order chi connectivity index (χ1) is 38.0. The molecule has 0 saturated carbocycles. The molecule has 0 radical (unpaired) electrons. The van der Waals surface area contributed by atoms with Crippen LogP contribution >= 0.6 is 0 Å². The summed E-state index contributed by atoms with van der Waals surface area (Å²) < 4.78 is 16.9. The first-order valence-corrected chi connectivity index (χ1v) is 33.4. The maximum atomic E-state index is 12.9. The summed E-state index contributed by atoms with van der Waals surface area (Å²) in [4.78, 5) is 38.2. The lowest BCUT2D eigenvalue weighted by molar-refractivity contribution is -0.167. The van der Waals surface area contributed by atoms with Gasteiger partial charge in [0.05, 0.1) is 0 Å². The summed E-state index contributed by atoms with van der Waals surface area (Å²) in [5.41, 5.74) is 0. The number of allylic oxidation sites excluding steroid dienone is 12. The first kappa shape index (κ1) is 73.8. The van der Waals surface area contributed by atoms with E-state index in [4.69, 9.17) is 14.2 Å². The maximum Gasteiger partial charge on any atom is 0.306 e. The zero-order chi connectivity index (χ0) is 55.7. The fraction of sp³-hybridized carbons (Fsp3) is 0.789. The van der Waals surface area contributed by atoms with Crippen molar-refractivity contribution in [2.45, 2.75) is 348 Å². The largest absolute Gasteiger partial charge is 0.462 e. The van der Waals surface area contributed by atoms with E-state index in [1.54, 1.807) is 0 Å². The number of carbonyl (C=O) groups excluding carboxylic acids is 3. The van der Waals surface area contributed by atoms with Gasteiger partial charge in [0.2, 0.25) is 0 Å². The molecule has 1 unspecified atom stereocenters. The van der Waals surface area contributed by atoms with E-state index in [-0.39, 0.29) is 37.5 Å². The SMILES string of the molecule is CC/C=C\C/C=C\C/C=C\C/C=C\CCCCC(=O)OC(COC(=O)CCCCCCCCCCCCCCC)COC(=O)CCCCCCCCCCCCCCCCCCCCC/C=C\C/C=C\CCCCCCC. The fourth-order valence-corrected chi connectivity index (χ4v) is 9.70. The van der Waals surface area contributed by atoms with E-state index in [0.29, 0.717) is 19.3 Å². The van der Waals surface area contributed by atoms with Gasteiger partial charge in [0.25, 0.3) is 0 Å². The van der Waals surface area contributed by atoms with E-state index >= 15 is 0 Å². The number of unbranched alkanes of at least 4 members (excludes halogenated alkanes) is 38. The molecule has 0 aromatic rings. The zero-order valence-electron chi connectivity index (χ0n) is 51.2. The third kappa shape index (κ3) is 63.6. The van der Waals surface area contributed by atoms with Gasteiger partial charge in [-0.3, -0.25) is 14.4 Å². The fourth-order valence-electron chi connectivity index (χ4n) is 9.70. The Bertz CT molecular complexity index is 1420. The molecule has 77 heavy (non-hydrogen) atoms. The zero-order valence-corrected chi connectivity index (χ0v) is 51.2. The van der Waals surface area contributed by atoms with Gasteiger partial charge >= 0.3 is 17.9 Å². The Hall–Kier alpha value is -3.15. The summed E-state index contributed by atoms with van der Waals surface area (Å²) in [7, 11) is 0. The topological polar surface area (TPSA) is 78.9 Å². The Balaban J connectivity index is 4.17. The standard InChI is InChI=1S/C71H126O6/c1-4-7-10-13-16-19-22-25-27-28-29-30-31-32-33-34-35-36-37-38-39-40-41-42-44-46-49-52-55-58-61-64-70(73)76-67-68(66-75-69(72)63-60-57-54-51-48-45-24-21-18-15-12-9-6-3)77-71(74)65-62-59-56-53-50-47-43-26-23-20-17-14-11-8-5-2/h8,11,17,20,22,25-26,28-29,43,50,53,68H,4-7,9-10,12-16,18-19,21,23-24,27,30-42,44-49,51-52,54-67H2,1-3H3/b11-8-,20-17-,25-22-,29-28-,43-26-,53-50-. The minimum Gasteiger partial charge on any atom is -0.462 e. The van der Waals surface area contributed by atoms with Crippen LogP contribution in [0.3, 0.4) is 0 Å². The quantitative estimate of drug-likeness (QED) is 0.0261. The van der Waals surface area contributed by atoms with Crippen molar-refractivity contribution in [1.82, 2.24) is 0 Å². The van der Waals surface area contributed by atoms with Crippen molar-refractivity contribution in [3.8, 4) is 0 Å². The molecule has 6 nitrogen and oxygen atoms in total. The highest BCUT2D eigenvalue weighted by Crippen LogP contribution is 2.17. The third-order valence-corrected chi connectivity index (χ3v) is 14.7. The summed E-state index contributed by atoms with van der Waals surface area (Å²) >= 11 is 0. The van der Waals surface area contributed by atoms with Crippen molar-refractivity contribution in [1.29, 1.82) is 0 Å². The Morgan fingerprint density at radius 2 is 0.506 bits per heavy atom. The molecule has 0 rings (SSSR count). The lowest BCUT2D eigenvalue weighted by atomic mass is 10.0. The molecule has 0 aliphatic carbocycles. The summed E-state index contributed by atoms with van der Waals surface area (Å²) in [6, 6.07) is 0. The molecule has 0 heterocycles. The van der Waals surface area contributed by atoms with E-state index in [1.165, 1.54) is 212 Å². The normalized spacial score (nSPS) is 12.5. The van der Waals surface area contributed by atoms with E-state index < -0.39 is 6.10 Å². The van der Waals surface area contributed by atoms with Crippen LogP contribution in [-0.2, 0) is 28.6 Å². The van der Waals surface area contributed by atoms with Crippen LogP contribution in [0.15, 0.2) is 72.9 Å². The van der Waals surface area contributed by atoms with Crippen LogP contribution < -0.4 is 0 Å². The van der Waals surface area contributed by atoms with E-state index in [2.05, 4.69) is 93.7 Å². The summed E-state index contributed by atoms with van der Waals surface area (Å²) in [6.07, 6.45) is 85.1. The van der Waals surface area contributed by atoms with Crippen LogP contribution in [-0.4, -0.2) is 37.2 Å². The van der Waals surface area contributed by atoms with Gasteiger partial charge in [0.15, 0.2) is 6.10 Å². The van der Waals surface area contributed by atoms with Crippen molar-refractivity contribution >= 4 is 17.9 Å². The Morgan fingerprint density at radius 3 is 0.818 bits per heavy atom. The molecular formula is C71H126O6. The Kier molecular flexibility index (Phi) is 62.7. The first-order valence-electron chi connectivity index (χ1n) is 33.4. The van der Waals surface area contributed by atoms with Gasteiger partial charge in [-0.15, -0.1) is 0 Å². The molecule has 0 aromatic heterocycles. The molecule has 6 heteroatoms. The third-order valence-electron chi connectivity index (χ3n) is 14.7. The van der Waals surface area contributed by atoms with Crippen molar-refractivity contribution < 1.29 is 28.6 Å². The van der Waals surface area contributed by atoms with Crippen LogP contribution in [0.2, 0.25) is 0 Å². The number of rotatable bonds is 61. The average Bonchev–Trinajstić information content (AvgIpc) is 3.43. The van der Waals surface area contributed by atoms with Gasteiger partial charge in [-0.25, -0.2) is 0 Å². The number of esters is 3. The second-order valence-corrected chi connectivity index (χ2v) is 22.4. The predicted octanol–water partition coefficient (Wildman–Crippen LogP) is 22.9. The number of hydrogen-bond acceptors (Lipinski definition) is 6. The molecule has 0 amide bonds. The minimum absolute atomic E-state index is 0.0878. The molecule has 0 fully saturated rings. The minimum atomic E-state index is -0.795. The molecule has 0 aliphatic rings. The molecule has 0 spiro atoms. The second kappa shape index (κ2) is 65.4. The van der Waals surface area contributed by atoms with Crippen LogP contribution in [0.4, 0.5) is 0 Å². The molecule has 0 aliphatic heterocycles. The highest BCUT2D eigenvalue weighted by molar-refractivity contribution is 5.71. The van der Waals surface area contributed by atoms with Crippen molar-refractivity contribution in [3.05, 3.63) is 72.9 Å². The van der Waals surface area contributed by atoms with E-state index in [0.717, 1.165) is 83.5 Å². The van der Waals surface area contributed by atoms with Crippen molar-refractivity contribution in [2.75, 3.05) is 13.2 Å². The number of ether oxygens (including phenoxy) is 3. The van der Waals surface area contributed by atoms with Crippen molar-refractivity contribution in [2.24, 2.45) is 0 Å². The number of carbonyl (C=O) groups is 3. The van der Waals surface area contributed by atoms with Crippen molar-refractivity contribution in [3.63, 3.8) is 0 Å². The lowest BCUT2D eigenvalue weighted by Crippen LogP contribution is -2.30. The predicted molar refractivity (Wildman–Crippen MR) is 335 cm³/mol. The van der Waals surface area contributed by atoms with Gasteiger partial charge < -0.3 is 14.2 Å². The lowest BCUT2D eigenvalue weighted by Gasteiger charge is -2.18. The van der Waals surface area contributed by atoms with Gasteiger partial charge in [0, 0.05) is 19.3 Å². The highest BCUT2D eigenvalue weighted by atomic mass is 16.6. The molecule has 446 valence electrons. The Morgan fingerprint density at radius 1 is 0.273 bits per heavy atom. The van der Waals surface area contributed by atoms with Crippen LogP contribution in [0, 0.1) is 0 Å². The van der Waals surface area contributed by atoms with Crippen LogP contribution in [0.1, 0.15) is 342 Å². The van der Waals surface area contributed by atoms with Gasteiger partial charge in [0.1, 0.15) is 13.2 Å². The van der Waals surface area contributed by atoms with E-state index in [9.17, 15) is 14.4 Å². The van der Waals surface area contributed by atoms with Gasteiger partial charge in [-0.2, -0.15) is 0 Å². The maximum absolute atomic E-state index is 12.9. The summed E-state index contributed by atoms with van der Waals surface area (Å²) in [6.45, 7) is 6.52. The highest BCUT2D eigenvalue weighted by Gasteiger charge is 2.19. The second-order valence-electron chi connectivity index (χ2n) is 22.4. The van der Waals surface area contributed by atoms with E-state index in [1.807, 2.05) is 0 Å². The average molecular weight is 1080 g/mol. The number of hydrogen-bond donors (Lipinski definition) is 0. The molecule has 0 N–H and O–H groups in total. The monoisotopic (exact) mass is 1070 g/mol. The summed E-state index contributed by atoms with van der Waals surface area (Å²) in [5.74, 6) is -0.913. The van der Waals surface area contributed by atoms with Crippen LogP contribution in [0.25, 0.3) is 0 Å². The molecule has 0 aromatic carbocycles. The molecule has 0 bridgehead atoms. The molecular weight excluding hydrogens is 949 g/mol. The smallest absolute Gasteiger partial charge is 0.306 e. The van der Waals surface area contributed by atoms with Gasteiger partial charge in [-0.1, -0.05) is 306 Å². The molecule has 1 atom stereocenters. The Labute approximate surface area is 478 Å². The van der Waals surface area contributed by atoms with Gasteiger partial charge in [-0.05, 0) is 89.9 Å².